The van der Waals surface area contributed by atoms with Crippen molar-refractivity contribution in [3.63, 3.8) is 0 Å². The smallest absolute Gasteiger partial charge is 0.334 e. The Hall–Kier alpha value is -2.15. The number of allylic oxidation sites excluding steroid dienone is 2. The summed E-state index contributed by atoms with van der Waals surface area (Å²) in [5.74, 6) is -0.954. The van der Waals surface area contributed by atoms with E-state index in [0.717, 1.165) is 30.4 Å². The van der Waals surface area contributed by atoms with E-state index in [-0.39, 0.29) is 12.2 Å². The Kier molecular flexibility index (Phi) is 7.18. The summed E-state index contributed by atoms with van der Waals surface area (Å²) in [5.41, 5.74) is 1.93. The van der Waals surface area contributed by atoms with E-state index in [9.17, 15) is 14.4 Å². The number of urea groups is 1. The van der Waals surface area contributed by atoms with Gasteiger partial charge in [0.05, 0.1) is 12.6 Å². The van der Waals surface area contributed by atoms with Gasteiger partial charge in [0.15, 0.2) is 0 Å². The Labute approximate surface area is 161 Å². The van der Waals surface area contributed by atoms with E-state index in [4.69, 9.17) is 4.74 Å². The fourth-order valence-corrected chi connectivity index (χ4v) is 3.63. The quantitative estimate of drug-likeness (QED) is 0.504. The van der Waals surface area contributed by atoms with Gasteiger partial charge in [-0.1, -0.05) is 13.3 Å². The molecule has 1 saturated carbocycles. The Morgan fingerprint density at radius 1 is 1.19 bits per heavy atom. The van der Waals surface area contributed by atoms with Gasteiger partial charge >= 0.3 is 6.03 Å². The molecule has 27 heavy (non-hydrogen) atoms. The molecule has 0 spiro atoms. The highest BCUT2D eigenvalue weighted by Gasteiger charge is 2.45. The molecule has 0 aromatic carbocycles. The normalized spacial score (nSPS) is 23.6. The van der Waals surface area contributed by atoms with Gasteiger partial charge in [-0.25, -0.2) is 4.79 Å². The molecule has 0 N–H and O–H groups in total. The lowest BCUT2D eigenvalue weighted by atomic mass is 9.98. The minimum Gasteiger partial charge on any atom is -0.383 e. The number of unbranched alkanes of at least 4 members (excludes halogenated alkanes) is 1. The number of rotatable bonds is 7. The van der Waals surface area contributed by atoms with Crippen molar-refractivity contribution in [2.45, 2.75) is 52.0 Å². The number of ether oxygens (including phenoxy) is 1. The maximum absolute atomic E-state index is 13.2. The van der Waals surface area contributed by atoms with Crippen LogP contribution in [0, 0.1) is 0 Å². The fourth-order valence-electron chi connectivity index (χ4n) is 3.63. The van der Waals surface area contributed by atoms with E-state index in [1.54, 1.807) is 6.92 Å². The van der Waals surface area contributed by atoms with E-state index in [1.807, 2.05) is 32.1 Å². The lowest BCUT2D eigenvalue weighted by Gasteiger charge is -2.37. The predicted molar refractivity (Wildman–Crippen MR) is 103 cm³/mol. The summed E-state index contributed by atoms with van der Waals surface area (Å²) in [4.78, 5) is 43.6. The molecular formula is C20H31N3O4. The van der Waals surface area contributed by atoms with Crippen LogP contribution in [0.25, 0.3) is 0 Å². The summed E-state index contributed by atoms with van der Waals surface area (Å²) in [6.07, 6.45) is 5.93. The second kappa shape index (κ2) is 9.17. The largest absolute Gasteiger partial charge is 0.383 e. The molecule has 2 rings (SSSR count). The number of nitrogens with zero attached hydrogens (tertiary/aromatic N) is 3. The van der Waals surface area contributed by atoms with E-state index in [1.165, 1.54) is 16.9 Å². The summed E-state index contributed by atoms with van der Waals surface area (Å²) >= 11 is 0. The first kappa shape index (κ1) is 21.2. The number of barbiturate groups is 1. The van der Waals surface area contributed by atoms with E-state index in [0.29, 0.717) is 19.4 Å². The maximum atomic E-state index is 13.2. The van der Waals surface area contributed by atoms with Crippen LogP contribution in [0.1, 0.15) is 46.0 Å². The van der Waals surface area contributed by atoms with Crippen molar-refractivity contribution in [1.29, 1.82) is 0 Å². The molecule has 0 aromatic rings. The number of amides is 4. The third kappa shape index (κ3) is 4.40. The molecule has 1 unspecified atom stereocenters. The van der Waals surface area contributed by atoms with Gasteiger partial charge in [-0.05, 0) is 43.8 Å². The van der Waals surface area contributed by atoms with E-state index >= 15 is 0 Å². The topological polar surface area (TPSA) is 70.2 Å². The SMILES string of the molecule is CCCCN1C(=O)C(=C2CCCC2=CN(C)C)C(=O)N(C(C)COC)C1=O. The van der Waals surface area contributed by atoms with Crippen LogP contribution in [0.2, 0.25) is 0 Å². The van der Waals surface area contributed by atoms with Crippen LogP contribution in [-0.4, -0.2) is 72.9 Å². The van der Waals surface area contributed by atoms with Crippen LogP contribution >= 0.6 is 0 Å². The number of carbonyl (C=O) groups is 3. The molecule has 0 aromatic heterocycles. The molecule has 7 nitrogen and oxygen atoms in total. The van der Waals surface area contributed by atoms with Gasteiger partial charge in [0, 0.05) is 33.9 Å². The van der Waals surface area contributed by atoms with Gasteiger partial charge < -0.3 is 9.64 Å². The summed E-state index contributed by atoms with van der Waals surface area (Å²) in [5, 5.41) is 0. The molecule has 2 aliphatic rings. The zero-order valence-corrected chi connectivity index (χ0v) is 17.1. The molecular weight excluding hydrogens is 346 g/mol. The summed E-state index contributed by atoms with van der Waals surface area (Å²) < 4.78 is 5.15. The third-order valence-electron chi connectivity index (χ3n) is 4.89. The third-order valence-corrected chi connectivity index (χ3v) is 4.89. The lowest BCUT2D eigenvalue weighted by molar-refractivity contribution is -0.137. The minimum atomic E-state index is -0.538. The number of methoxy groups -OCH3 is 1. The first-order valence-corrected chi connectivity index (χ1v) is 9.62. The van der Waals surface area contributed by atoms with Crippen LogP contribution < -0.4 is 0 Å². The molecule has 0 radical (unpaired) electrons. The second-order valence-corrected chi connectivity index (χ2v) is 7.40. The molecule has 1 aliphatic heterocycles. The molecule has 1 aliphatic carbocycles. The zero-order valence-electron chi connectivity index (χ0n) is 17.1. The van der Waals surface area contributed by atoms with Gasteiger partial charge in [0.25, 0.3) is 11.8 Å². The molecule has 1 saturated heterocycles. The van der Waals surface area contributed by atoms with Crippen molar-refractivity contribution in [3.05, 3.63) is 22.9 Å². The highest BCUT2D eigenvalue weighted by Crippen LogP contribution is 2.36. The number of carbonyl (C=O) groups excluding carboxylic acids is 3. The van der Waals surface area contributed by atoms with Gasteiger partial charge in [0.1, 0.15) is 5.57 Å². The Morgan fingerprint density at radius 3 is 2.48 bits per heavy atom. The Bertz CT molecular complexity index is 666. The molecule has 0 bridgehead atoms. The molecule has 4 amide bonds. The molecule has 7 heteroatoms. The van der Waals surface area contributed by atoms with Crippen LogP contribution in [0.5, 0.6) is 0 Å². The van der Waals surface area contributed by atoms with Crippen LogP contribution in [0.3, 0.4) is 0 Å². The highest BCUT2D eigenvalue weighted by molar-refractivity contribution is 6.29. The zero-order chi connectivity index (χ0) is 20.1. The first-order valence-electron chi connectivity index (χ1n) is 9.62. The van der Waals surface area contributed by atoms with Crippen molar-refractivity contribution in [1.82, 2.24) is 14.7 Å². The number of hydrogen-bond acceptors (Lipinski definition) is 5. The van der Waals surface area contributed by atoms with E-state index in [2.05, 4.69) is 0 Å². The summed E-state index contributed by atoms with van der Waals surface area (Å²) in [7, 11) is 5.37. The first-order chi connectivity index (χ1) is 12.8. The maximum Gasteiger partial charge on any atom is 0.334 e. The van der Waals surface area contributed by atoms with Crippen molar-refractivity contribution in [2.24, 2.45) is 0 Å². The summed E-state index contributed by atoms with van der Waals surface area (Å²) in [6, 6.07) is -0.978. The van der Waals surface area contributed by atoms with Crippen LogP contribution in [-0.2, 0) is 14.3 Å². The van der Waals surface area contributed by atoms with Gasteiger partial charge in [-0.3, -0.25) is 19.4 Å². The van der Waals surface area contributed by atoms with Crippen LogP contribution in [0.15, 0.2) is 22.9 Å². The molecule has 2 fully saturated rings. The van der Waals surface area contributed by atoms with Crippen molar-refractivity contribution in [2.75, 3.05) is 34.4 Å². The van der Waals surface area contributed by atoms with Crippen molar-refractivity contribution < 1.29 is 19.1 Å². The second-order valence-electron chi connectivity index (χ2n) is 7.40. The molecule has 1 atom stereocenters. The lowest BCUT2D eigenvalue weighted by Crippen LogP contribution is -2.60. The van der Waals surface area contributed by atoms with Gasteiger partial charge in [0.2, 0.25) is 0 Å². The van der Waals surface area contributed by atoms with E-state index < -0.39 is 23.9 Å². The fraction of sp³-hybridized carbons (Fsp3) is 0.650. The van der Waals surface area contributed by atoms with Crippen molar-refractivity contribution in [3.8, 4) is 0 Å². The predicted octanol–water partition coefficient (Wildman–Crippen LogP) is 2.54. The Morgan fingerprint density at radius 2 is 1.89 bits per heavy atom. The highest BCUT2D eigenvalue weighted by atomic mass is 16.5. The Balaban J connectivity index is 2.54. The average Bonchev–Trinajstić information content (AvgIpc) is 3.02. The van der Waals surface area contributed by atoms with Gasteiger partial charge in [-0.2, -0.15) is 0 Å². The monoisotopic (exact) mass is 377 g/mol. The standard InChI is InChI=1S/C20H31N3O4/c1-6-7-11-22-18(24)17(16-10-8-9-15(16)12-21(3)4)19(25)23(20(22)26)14(2)13-27-5/h12,14H,6-11,13H2,1-5H3. The van der Waals surface area contributed by atoms with Gasteiger partial charge in [-0.15, -0.1) is 0 Å². The average molecular weight is 377 g/mol. The molecule has 1 heterocycles. The number of imide groups is 2. The van der Waals surface area contributed by atoms with Crippen LogP contribution in [0.4, 0.5) is 4.79 Å². The molecule has 150 valence electrons. The number of hydrogen-bond donors (Lipinski definition) is 0. The minimum absolute atomic E-state index is 0.152. The van der Waals surface area contributed by atoms with Crippen molar-refractivity contribution >= 4 is 17.8 Å². The summed E-state index contributed by atoms with van der Waals surface area (Å²) in [6.45, 7) is 4.32.